The Morgan fingerprint density at radius 1 is 1.32 bits per heavy atom. The first-order valence-electron chi connectivity index (χ1n) is 6.21. The third-order valence-corrected chi connectivity index (χ3v) is 3.09. The number of nitrogens with two attached hydrogens (primary N) is 1. The number of nitrogens with zero attached hydrogens (tertiary/aromatic N) is 2. The van der Waals surface area contributed by atoms with Gasteiger partial charge in [0, 0.05) is 18.9 Å². The Hall–Kier alpha value is -1.69. The Bertz CT molecular complexity index is 498. The van der Waals surface area contributed by atoms with Crippen LogP contribution in [-0.2, 0) is 4.74 Å². The van der Waals surface area contributed by atoms with Gasteiger partial charge in [-0.05, 0) is 5.56 Å². The highest BCUT2D eigenvalue weighted by molar-refractivity contribution is 5.61. The second kappa shape index (κ2) is 6.47. The number of aliphatic hydroxyl groups is 1. The number of benzene rings is 1. The van der Waals surface area contributed by atoms with Crippen LogP contribution in [0, 0.1) is 0 Å². The van der Waals surface area contributed by atoms with Crippen molar-refractivity contribution in [1.82, 2.24) is 9.78 Å². The lowest BCUT2D eigenvalue weighted by Crippen LogP contribution is -2.38. The average Bonchev–Trinajstić information content (AvgIpc) is 2.90. The van der Waals surface area contributed by atoms with Crippen molar-refractivity contribution in [3.63, 3.8) is 0 Å². The summed E-state index contributed by atoms with van der Waals surface area (Å²) in [5.41, 5.74) is 8.07. The molecule has 1 heterocycles. The zero-order valence-corrected chi connectivity index (χ0v) is 10.9. The van der Waals surface area contributed by atoms with E-state index >= 15 is 0 Å². The molecule has 5 heteroatoms. The molecule has 0 spiro atoms. The predicted octanol–water partition coefficient (Wildman–Crippen LogP) is 1.06. The summed E-state index contributed by atoms with van der Waals surface area (Å²) in [7, 11) is 1.59. The molecule has 2 aromatic rings. The van der Waals surface area contributed by atoms with Crippen molar-refractivity contribution in [2.75, 3.05) is 20.3 Å². The van der Waals surface area contributed by atoms with Gasteiger partial charge < -0.3 is 15.6 Å². The highest BCUT2D eigenvalue weighted by Crippen LogP contribution is 2.20. The number of hydrogen-bond donors (Lipinski definition) is 2. The highest BCUT2D eigenvalue weighted by Gasteiger charge is 2.19. The van der Waals surface area contributed by atoms with Crippen molar-refractivity contribution < 1.29 is 9.84 Å². The Morgan fingerprint density at radius 2 is 2.05 bits per heavy atom. The lowest BCUT2D eigenvalue weighted by atomic mass is 10.1. The van der Waals surface area contributed by atoms with Crippen LogP contribution in [-0.4, -0.2) is 41.3 Å². The summed E-state index contributed by atoms with van der Waals surface area (Å²) in [6.07, 6.45) is 3.67. The number of aromatic nitrogens is 2. The van der Waals surface area contributed by atoms with E-state index in [0.717, 1.165) is 11.1 Å². The van der Waals surface area contributed by atoms with Gasteiger partial charge in [0.1, 0.15) is 0 Å². The topological polar surface area (TPSA) is 73.3 Å². The van der Waals surface area contributed by atoms with Crippen LogP contribution in [0.25, 0.3) is 11.1 Å². The largest absolute Gasteiger partial charge is 0.394 e. The molecule has 1 aromatic carbocycles. The van der Waals surface area contributed by atoms with E-state index in [2.05, 4.69) is 5.10 Å². The maximum Gasteiger partial charge on any atom is 0.0922 e. The van der Waals surface area contributed by atoms with Crippen LogP contribution in [0.3, 0.4) is 0 Å². The van der Waals surface area contributed by atoms with Gasteiger partial charge in [-0.2, -0.15) is 5.10 Å². The summed E-state index contributed by atoms with van der Waals surface area (Å²) < 4.78 is 6.72. The fraction of sp³-hybridized carbons (Fsp3) is 0.357. The van der Waals surface area contributed by atoms with Crippen molar-refractivity contribution in [2.24, 2.45) is 5.73 Å². The summed E-state index contributed by atoms with van der Waals surface area (Å²) in [6, 6.07) is 9.39. The molecular weight excluding hydrogens is 242 g/mol. The normalized spacial score (nSPS) is 14.3. The molecule has 0 saturated heterocycles. The van der Waals surface area contributed by atoms with E-state index in [1.54, 1.807) is 18.0 Å². The maximum atomic E-state index is 9.46. The first-order chi connectivity index (χ1) is 9.26. The van der Waals surface area contributed by atoms with Crippen LogP contribution in [0.4, 0.5) is 0 Å². The molecule has 5 nitrogen and oxygen atoms in total. The Balaban J connectivity index is 2.20. The third kappa shape index (κ3) is 3.20. The van der Waals surface area contributed by atoms with Crippen LogP contribution >= 0.6 is 0 Å². The molecule has 2 unspecified atom stereocenters. The molecule has 2 rings (SSSR count). The van der Waals surface area contributed by atoms with Crippen LogP contribution in [0.5, 0.6) is 0 Å². The molecule has 0 fully saturated rings. The van der Waals surface area contributed by atoms with Gasteiger partial charge >= 0.3 is 0 Å². The Labute approximate surface area is 112 Å². The molecule has 0 radical (unpaired) electrons. The van der Waals surface area contributed by atoms with Crippen molar-refractivity contribution in [3.8, 4) is 11.1 Å². The molecule has 0 aliphatic rings. The standard InChI is InChI=1S/C14H19N3O2/c1-19-10-13(15)14(9-18)17-8-12(7-16-17)11-5-3-2-4-6-11/h2-8,13-14,18H,9-10,15H2,1H3. The van der Waals surface area contributed by atoms with Gasteiger partial charge in [-0.1, -0.05) is 30.3 Å². The molecular formula is C14H19N3O2. The van der Waals surface area contributed by atoms with Gasteiger partial charge in [0.15, 0.2) is 0 Å². The van der Waals surface area contributed by atoms with E-state index in [9.17, 15) is 5.11 Å². The zero-order valence-electron chi connectivity index (χ0n) is 10.9. The van der Waals surface area contributed by atoms with Crippen LogP contribution in [0.2, 0.25) is 0 Å². The van der Waals surface area contributed by atoms with E-state index in [1.165, 1.54) is 0 Å². The minimum Gasteiger partial charge on any atom is -0.394 e. The first kappa shape index (κ1) is 13.7. The summed E-state index contributed by atoms with van der Waals surface area (Å²) in [5.74, 6) is 0. The van der Waals surface area contributed by atoms with Gasteiger partial charge in [-0.3, -0.25) is 4.68 Å². The molecule has 102 valence electrons. The SMILES string of the molecule is COCC(N)C(CO)n1cc(-c2ccccc2)cn1. The lowest BCUT2D eigenvalue weighted by molar-refractivity contribution is 0.125. The molecule has 2 atom stereocenters. The number of ether oxygens (including phenoxy) is 1. The predicted molar refractivity (Wildman–Crippen MR) is 73.6 cm³/mol. The van der Waals surface area contributed by atoms with Crippen LogP contribution in [0.15, 0.2) is 42.7 Å². The number of methoxy groups -OCH3 is 1. The molecule has 0 aliphatic heterocycles. The van der Waals surface area contributed by atoms with E-state index in [-0.39, 0.29) is 18.7 Å². The minimum absolute atomic E-state index is 0.0690. The van der Waals surface area contributed by atoms with Gasteiger partial charge in [0.25, 0.3) is 0 Å². The molecule has 0 amide bonds. The van der Waals surface area contributed by atoms with Crippen LogP contribution in [0.1, 0.15) is 6.04 Å². The fourth-order valence-electron chi connectivity index (χ4n) is 2.02. The molecule has 0 bridgehead atoms. The molecule has 0 aliphatic carbocycles. The molecule has 3 N–H and O–H groups in total. The van der Waals surface area contributed by atoms with E-state index in [4.69, 9.17) is 10.5 Å². The second-order valence-corrected chi connectivity index (χ2v) is 4.44. The van der Waals surface area contributed by atoms with Crippen molar-refractivity contribution in [1.29, 1.82) is 0 Å². The smallest absolute Gasteiger partial charge is 0.0922 e. The second-order valence-electron chi connectivity index (χ2n) is 4.44. The monoisotopic (exact) mass is 261 g/mol. The van der Waals surface area contributed by atoms with Gasteiger partial charge in [-0.15, -0.1) is 0 Å². The molecule has 19 heavy (non-hydrogen) atoms. The Kier molecular flexibility index (Phi) is 4.68. The number of rotatable bonds is 6. The highest BCUT2D eigenvalue weighted by atomic mass is 16.5. The van der Waals surface area contributed by atoms with Crippen molar-refractivity contribution in [3.05, 3.63) is 42.7 Å². The summed E-state index contributed by atoms with van der Waals surface area (Å²) in [6.45, 7) is 0.312. The zero-order chi connectivity index (χ0) is 13.7. The lowest BCUT2D eigenvalue weighted by Gasteiger charge is -2.21. The van der Waals surface area contributed by atoms with Gasteiger partial charge in [-0.25, -0.2) is 0 Å². The summed E-state index contributed by atoms with van der Waals surface area (Å²) in [5, 5.41) is 13.7. The Morgan fingerprint density at radius 3 is 2.68 bits per heavy atom. The quantitative estimate of drug-likeness (QED) is 0.815. The van der Waals surface area contributed by atoms with Crippen molar-refractivity contribution >= 4 is 0 Å². The number of hydrogen-bond acceptors (Lipinski definition) is 4. The first-order valence-corrected chi connectivity index (χ1v) is 6.21. The van der Waals surface area contributed by atoms with Crippen molar-refractivity contribution in [2.45, 2.75) is 12.1 Å². The molecule has 0 saturated carbocycles. The maximum absolute atomic E-state index is 9.46. The summed E-state index contributed by atoms with van der Waals surface area (Å²) in [4.78, 5) is 0. The average molecular weight is 261 g/mol. The molecule has 1 aromatic heterocycles. The van der Waals surface area contributed by atoms with E-state index < -0.39 is 0 Å². The minimum atomic E-state index is -0.293. The number of aliphatic hydroxyl groups excluding tert-OH is 1. The van der Waals surface area contributed by atoms with Gasteiger partial charge in [0.2, 0.25) is 0 Å². The van der Waals surface area contributed by atoms with Crippen LogP contribution < -0.4 is 5.73 Å². The summed E-state index contributed by atoms with van der Waals surface area (Å²) >= 11 is 0. The van der Waals surface area contributed by atoms with E-state index in [0.29, 0.717) is 6.61 Å². The third-order valence-electron chi connectivity index (χ3n) is 3.09. The van der Waals surface area contributed by atoms with Gasteiger partial charge in [0.05, 0.1) is 31.5 Å². The fourth-order valence-corrected chi connectivity index (χ4v) is 2.02. The van der Waals surface area contributed by atoms with E-state index in [1.807, 2.05) is 36.5 Å².